The quantitative estimate of drug-likeness (QED) is 0.375. The Labute approximate surface area is 141 Å². The van der Waals surface area contributed by atoms with Crippen LogP contribution in [0.15, 0.2) is 58.7 Å². The minimum Gasteiger partial charge on any atom is -0.379 e. The van der Waals surface area contributed by atoms with E-state index in [1.807, 2.05) is 19.1 Å². The van der Waals surface area contributed by atoms with Crippen molar-refractivity contribution in [3.8, 4) is 0 Å². The van der Waals surface area contributed by atoms with Crippen molar-refractivity contribution in [2.75, 3.05) is 0 Å². The Morgan fingerprint density at radius 1 is 1.23 bits per heavy atom. The summed E-state index contributed by atoms with van der Waals surface area (Å²) < 4.78 is 0. The molecule has 0 spiro atoms. The second-order valence-electron chi connectivity index (χ2n) is 6.86. The van der Waals surface area contributed by atoms with Crippen LogP contribution in [-0.4, -0.2) is 10.5 Å². The SMILES string of the molecule is CC(C=CC1=C(C)CCCC1(C)C)=CC=CC(C)=CC(O)S. The maximum absolute atomic E-state index is 9.16. The first kappa shape index (κ1) is 19.1. The lowest BCUT2D eigenvalue weighted by Crippen LogP contribution is -2.19. The third kappa shape index (κ3) is 6.41. The fourth-order valence-electron chi connectivity index (χ4n) is 2.92. The van der Waals surface area contributed by atoms with Crippen LogP contribution in [-0.2, 0) is 0 Å². The Kier molecular flexibility index (Phi) is 7.44. The normalized spacial score (nSPS) is 22.0. The van der Waals surface area contributed by atoms with Gasteiger partial charge in [0.2, 0.25) is 0 Å². The van der Waals surface area contributed by atoms with E-state index < -0.39 is 5.44 Å². The summed E-state index contributed by atoms with van der Waals surface area (Å²) >= 11 is 3.93. The number of hydrogen-bond acceptors (Lipinski definition) is 2. The zero-order valence-corrected chi connectivity index (χ0v) is 15.5. The molecule has 0 aromatic rings. The van der Waals surface area contributed by atoms with E-state index in [1.54, 1.807) is 6.08 Å². The Bertz CT molecular complexity index is 528. The number of thiol groups is 1. The van der Waals surface area contributed by atoms with Crippen LogP contribution < -0.4 is 0 Å². The van der Waals surface area contributed by atoms with Crippen LogP contribution in [0.3, 0.4) is 0 Å². The lowest BCUT2D eigenvalue weighted by molar-refractivity contribution is 0.311. The van der Waals surface area contributed by atoms with Crippen LogP contribution >= 0.6 is 12.6 Å². The molecule has 0 saturated carbocycles. The lowest BCUT2D eigenvalue weighted by Gasteiger charge is -2.32. The van der Waals surface area contributed by atoms with Gasteiger partial charge in [-0.15, -0.1) is 12.6 Å². The molecule has 1 nitrogen and oxygen atoms in total. The largest absolute Gasteiger partial charge is 0.379 e. The minimum atomic E-state index is -0.696. The van der Waals surface area contributed by atoms with Crippen molar-refractivity contribution in [2.24, 2.45) is 5.41 Å². The van der Waals surface area contributed by atoms with Gasteiger partial charge in [0, 0.05) is 0 Å². The molecule has 1 rings (SSSR count). The highest BCUT2D eigenvalue weighted by atomic mass is 32.1. The van der Waals surface area contributed by atoms with Gasteiger partial charge in [-0.2, -0.15) is 0 Å². The molecule has 0 aromatic heterocycles. The second-order valence-corrected chi connectivity index (χ2v) is 7.39. The van der Waals surface area contributed by atoms with Gasteiger partial charge in [-0.1, -0.05) is 60.9 Å². The molecule has 22 heavy (non-hydrogen) atoms. The predicted molar refractivity (Wildman–Crippen MR) is 101 cm³/mol. The molecule has 0 amide bonds. The molecule has 1 atom stereocenters. The first-order valence-corrected chi connectivity index (χ1v) is 8.52. The maximum atomic E-state index is 9.16. The lowest BCUT2D eigenvalue weighted by atomic mass is 9.72. The van der Waals surface area contributed by atoms with Gasteiger partial charge in [0.25, 0.3) is 0 Å². The monoisotopic (exact) mass is 318 g/mol. The van der Waals surface area contributed by atoms with Crippen LogP contribution in [0.1, 0.15) is 53.9 Å². The molecule has 1 aliphatic rings. The summed E-state index contributed by atoms with van der Waals surface area (Å²) in [7, 11) is 0. The molecule has 1 aliphatic carbocycles. The molecule has 0 fully saturated rings. The standard InChI is InChI=1S/C20H30OS/c1-15(8-6-9-16(2)14-19(21)22)11-12-18-17(3)10-7-13-20(18,4)5/h6,8-9,11-12,14,19,21-22H,7,10,13H2,1-5H3. The first-order valence-electron chi connectivity index (χ1n) is 8.00. The molecule has 122 valence electrons. The van der Waals surface area contributed by atoms with Gasteiger partial charge in [0.15, 0.2) is 0 Å². The van der Waals surface area contributed by atoms with E-state index in [1.165, 1.54) is 36.0 Å². The maximum Gasteiger partial charge on any atom is 0.116 e. The molecule has 0 bridgehead atoms. The zero-order chi connectivity index (χ0) is 16.8. The minimum absolute atomic E-state index is 0.289. The van der Waals surface area contributed by atoms with E-state index in [-0.39, 0.29) is 5.41 Å². The van der Waals surface area contributed by atoms with Crippen molar-refractivity contribution in [3.63, 3.8) is 0 Å². The van der Waals surface area contributed by atoms with Gasteiger partial charge in [-0.05, 0) is 57.1 Å². The number of rotatable bonds is 5. The van der Waals surface area contributed by atoms with Gasteiger partial charge in [0.05, 0.1) is 0 Å². The average molecular weight is 319 g/mol. The summed E-state index contributed by atoms with van der Waals surface area (Å²) in [5.74, 6) is 0. The topological polar surface area (TPSA) is 20.2 Å². The predicted octanol–water partition coefficient (Wildman–Crippen LogP) is 5.77. The van der Waals surface area contributed by atoms with Gasteiger partial charge >= 0.3 is 0 Å². The van der Waals surface area contributed by atoms with E-state index in [9.17, 15) is 0 Å². The van der Waals surface area contributed by atoms with Crippen LogP contribution in [0, 0.1) is 5.41 Å². The molecule has 1 unspecified atom stereocenters. The van der Waals surface area contributed by atoms with Crippen molar-refractivity contribution in [2.45, 2.75) is 59.3 Å². The van der Waals surface area contributed by atoms with Crippen molar-refractivity contribution in [1.29, 1.82) is 0 Å². The van der Waals surface area contributed by atoms with Gasteiger partial charge in [0.1, 0.15) is 5.44 Å². The Morgan fingerprint density at radius 3 is 2.50 bits per heavy atom. The van der Waals surface area contributed by atoms with E-state index in [0.717, 1.165) is 5.57 Å². The Hall–Kier alpha value is -0.990. The number of aliphatic hydroxyl groups excluding tert-OH is 1. The van der Waals surface area contributed by atoms with E-state index in [2.05, 4.69) is 58.6 Å². The Morgan fingerprint density at radius 2 is 1.91 bits per heavy atom. The number of hydrogen-bond donors (Lipinski definition) is 2. The summed E-state index contributed by atoms with van der Waals surface area (Å²) in [6.07, 6.45) is 16.1. The highest BCUT2D eigenvalue weighted by Crippen LogP contribution is 2.40. The Balaban J connectivity index is 2.77. The van der Waals surface area contributed by atoms with Gasteiger partial charge in [-0.3, -0.25) is 0 Å². The average Bonchev–Trinajstić information content (AvgIpc) is 2.36. The summed E-state index contributed by atoms with van der Waals surface area (Å²) in [6, 6.07) is 0. The fourth-order valence-corrected chi connectivity index (χ4v) is 3.16. The summed E-state index contributed by atoms with van der Waals surface area (Å²) in [5.41, 5.74) is 4.83. The van der Waals surface area contributed by atoms with Crippen molar-refractivity contribution < 1.29 is 5.11 Å². The molecule has 0 saturated heterocycles. The first-order chi connectivity index (χ1) is 10.2. The third-order valence-corrected chi connectivity index (χ3v) is 4.33. The van der Waals surface area contributed by atoms with Crippen molar-refractivity contribution in [1.82, 2.24) is 0 Å². The third-order valence-electron chi connectivity index (χ3n) is 4.19. The zero-order valence-electron chi connectivity index (χ0n) is 14.6. The van der Waals surface area contributed by atoms with Crippen LogP contribution in [0.2, 0.25) is 0 Å². The van der Waals surface area contributed by atoms with Crippen LogP contribution in [0.25, 0.3) is 0 Å². The highest BCUT2D eigenvalue weighted by Gasteiger charge is 2.26. The second kappa shape index (κ2) is 8.59. The summed E-state index contributed by atoms with van der Waals surface area (Å²) in [4.78, 5) is 0. The van der Waals surface area contributed by atoms with Crippen LogP contribution in [0.5, 0.6) is 0 Å². The molecular weight excluding hydrogens is 288 g/mol. The molecule has 0 heterocycles. The molecule has 0 aliphatic heterocycles. The molecule has 1 N–H and O–H groups in total. The smallest absolute Gasteiger partial charge is 0.116 e. The van der Waals surface area contributed by atoms with Crippen molar-refractivity contribution >= 4 is 12.6 Å². The fraction of sp³-hybridized carbons (Fsp3) is 0.500. The van der Waals surface area contributed by atoms with Gasteiger partial charge in [-0.25, -0.2) is 0 Å². The molecule has 0 aromatic carbocycles. The molecule has 0 radical (unpaired) electrons. The van der Waals surface area contributed by atoms with E-state index in [4.69, 9.17) is 5.11 Å². The summed E-state index contributed by atoms with van der Waals surface area (Å²) in [5, 5.41) is 9.16. The van der Waals surface area contributed by atoms with Crippen LogP contribution in [0.4, 0.5) is 0 Å². The summed E-state index contributed by atoms with van der Waals surface area (Å²) in [6.45, 7) is 11.0. The van der Waals surface area contributed by atoms with Crippen molar-refractivity contribution in [3.05, 3.63) is 58.7 Å². The van der Waals surface area contributed by atoms with E-state index >= 15 is 0 Å². The highest BCUT2D eigenvalue weighted by molar-refractivity contribution is 7.80. The van der Waals surface area contributed by atoms with E-state index in [0.29, 0.717) is 0 Å². The number of aliphatic hydroxyl groups is 1. The number of allylic oxidation sites excluding steroid dienone is 9. The molecule has 2 heteroatoms. The van der Waals surface area contributed by atoms with Gasteiger partial charge < -0.3 is 5.11 Å². The molecular formula is C20H30OS.